The number of benzene rings is 3. The van der Waals surface area contributed by atoms with Crippen LogP contribution in [0.5, 0.6) is 0 Å². The number of nitrogens with two attached hydrogens (primary N) is 1. The van der Waals surface area contributed by atoms with Crippen molar-refractivity contribution >= 4 is 39.3 Å². The van der Waals surface area contributed by atoms with Gasteiger partial charge in [0.2, 0.25) is 11.8 Å². The number of sulfone groups is 1. The van der Waals surface area contributed by atoms with E-state index in [0.717, 1.165) is 5.56 Å². The summed E-state index contributed by atoms with van der Waals surface area (Å²) in [5.41, 5.74) is 8.17. The van der Waals surface area contributed by atoms with Gasteiger partial charge in [0.25, 0.3) is 11.8 Å². The van der Waals surface area contributed by atoms with Gasteiger partial charge in [-0.2, -0.15) is 0 Å². The second kappa shape index (κ2) is 18.5. The average Bonchev–Trinajstić information content (AvgIpc) is 3.12. The average molecular weight is 705 g/mol. The molecule has 1 aliphatic rings. The Kier molecular flexibility index (Phi) is 13.9. The van der Waals surface area contributed by atoms with Crippen LogP contribution >= 0.6 is 0 Å². The van der Waals surface area contributed by atoms with Crippen molar-refractivity contribution in [3.63, 3.8) is 0 Å². The normalized spacial score (nSPS) is 18.7. The molecule has 3 aromatic rings. The molecule has 13 nitrogen and oxygen atoms in total. The summed E-state index contributed by atoms with van der Waals surface area (Å²) < 4.78 is 26.6. The first-order chi connectivity index (χ1) is 24.0. The molecule has 0 saturated heterocycles. The van der Waals surface area contributed by atoms with Crippen LogP contribution in [0.4, 0.5) is 0 Å². The summed E-state index contributed by atoms with van der Waals surface area (Å²) in [5, 5.41) is 23.2. The molecule has 3 aromatic carbocycles. The van der Waals surface area contributed by atoms with Gasteiger partial charge >= 0.3 is 0 Å². The van der Waals surface area contributed by atoms with Crippen molar-refractivity contribution in [3.8, 4) is 0 Å². The minimum absolute atomic E-state index is 0.0501. The molecular weight excluding hydrogens is 660 g/mol. The number of rotatable bonds is 8. The van der Waals surface area contributed by atoms with Gasteiger partial charge in [0.1, 0.15) is 6.04 Å². The summed E-state index contributed by atoms with van der Waals surface area (Å²) in [5.74, 6) is -3.28. The van der Waals surface area contributed by atoms with Gasteiger partial charge in [-0.25, -0.2) is 8.42 Å². The molecule has 266 valence electrons. The van der Waals surface area contributed by atoms with Crippen molar-refractivity contribution in [3.05, 3.63) is 107 Å². The lowest BCUT2D eigenvalue weighted by Gasteiger charge is -2.23. The summed E-state index contributed by atoms with van der Waals surface area (Å²) in [6, 6.07) is 20.9. The number of amidine groups is 1. The van der Waals surface area contributed by atoms with Crippen LogP contribution in [0.2, 0.25) is 0 Å². The Morgan fingerprint density at radius 2 is 1.44 bits per heavy atom. The lowest BCUT2D eigenvalue weighted by atomic mass is 10.0. The van der Waals surface area contributed by atoms with E-state index >= 15 is 0 Å². The Labute approximate surface area is 292 Å². The standard InChI is InChI=1S/C36H44N6O7S/c37-32(42-47)27-17-15-25(16-18-27)22-40-36(46)31-14-5-7-20-39-34(44)29-13-8-12-28(21-29)33(43)38-19-6-4-11-30(35(45)41-31)24-50(48,49)23-26-9-2-1-3-10-26/h1-3,8-10,12-13,15-18,21,30-31,47H,4-7,11,14,19-20,22-24H2,(H2,37,42)(H,38,43)(H,39,44)(H,40,46)(H,41,45)/t30-,31-/m0/s1. The third kappa shape index (κ3) is 11.7. The van der Waals surface area contributed by atoms with Crippen molar-refractivity contribution in [1.82, 2.24) is 21.3 Å². The fourth-order valence-corrected chi connectivity index (χ4v) is 7.35. The van der Waals surface area contributed by atoms with E-state index in [1.54, 1.807) is 72.8 Å². The van der Waals surface area contributed by atoms with Crippen LogP contribution in [0, 0.1) is 5.92 Å². The molecule has 4 amide bonds. The summed E-state index contributed by atoms with van der Waals surface area (Å²) in [6.45, 7) is 0.716. The van der Waals surface area contributed by atoms with E-state index < -0.39 is 39.4 Å². The van der Waals surface area contributed by atoms with E-state index in [9.17, 15) is 27.6 Å². The molecule has 0 spiro atoms. The van der Waals surface area contributed by atoms with Gasteiger partial charge in [-0.3, -0.25) is 19.2 Å². The van der Waals surface area contributed by atoms with Gasteiger partial charge in [0, 0.05) is 36.3 Å². The Hall–Kier alpha value is -5.24. The fourth-order valence-electron chi connectivity index (χ4n) is 5.60. The van der Waals surface area contributed by atoms with Gasteiger partial charge in [0.15, 0.2) is 15.7 Å². The first-order valence-corrected chi connectivity index (χ1v) is 18.4. The highest BCUT2D eigenvalue weighted by Crippen LogP contribution is 2.17. The van der Waals surface area contributed by atoms with Crippen molar-refractivity contribution in [1.29, 1.82) is 0 Å². The zero-order chi connectivity index (χ0) is 35.9. The number of hydrogen-bond donors (Lipinski definition) is 6. The molecule has 4 rings (SSSR count). The highest BCUT2D eigenvalue weighted by molar-refractivity contribution is 7.90. The minimum Gasteiger partial charge on any atom is -0.409 e. The second-order valence-corrected chi connectivity index (χ2v) is 14.4. The van der Waals surface area contributed by atoms with Gasteiger partial charge in [0.05, 0.1) is 17.4 Å². The van der Waals surface area contributed by atoms with Gasteiger partial charge in [-0.1, -0.05) is 72.2 Å². The molecule has 1 aliphatic heterocycles. The number of carbonyl (C=O) groups is 4. The highest BCUT2D eigenvalue weighted by atomic mass is 32.2. The van der Waals surface area contributed by atoms with Gasteiger partial charge in [-0.15, -0.1) is 0 Å². The third-order valence-corrected chi connectivity index (χ3v) is 10.1. The number of carbonyl (C=O) groups excluding carboxylic acids is 4. The molecule has 1 heterocycles. The summed E-state index contributed by atoms with van der Waals surface area (Å²) >= 11 is 0. The number of amides is 4. The molecule has 0 saturated carbocycles. The van der Waals surface area contributed by atoms with Crippen LogP contribution in [-0.2, 0) is 31.7 Å². The zero-order valence-corrected chi connectivity index (χ0v) is 28.6. The number of nitrogens with zero attached hydrogens (tertiary/aromatic N) is 1. The lowest BCUT2D eigenvalue weighted by Crippen LogP contribution is -2.49. The fraction of sp³-hybridized carbons (Fsp3) is 0.361. The predicted octanol–water partition coefficient (Wildman–Crippen LogP) is 2.63. The molecule has 0 unspecified atom stereocenters. The third-order valence-electron chi connectivity index (χ3n) is 8.37. The van der Waals surface area contributed by atoms with Crippen LogP contribution in [0.1, 0.15) is 75.9 Å². The quantitative estimate of drug-likeness (QED) is 0.0887. The smallest absolute Gasteiger partial charge is 0.251 e. The minimum atomic E-state index is -3.71. The molecule has 2 atom stereocenters. The van der Waals surface area contributed by atoms with Crippen LogP contribution in [0.15, 0.2) is 84.0 Å². The van der Waals surface area contributed by atoms with Crippen molar-refractivity contribution in [2.24, 2.45) is 16.8 Å². The number of fused-ring (bicyclic) bond motifs is 2. The second-order valence-electron chi connectivity index (χ2n) is 12.3. The van der Waals surface area contributed by atoms with E-state index in [1.165, 1.54) is 6.07 Å². The van der Waals surface area contributed by atoms with Crippen molar-refractivity contribution in [2.45, 2.75) is 56.9 Å². The van der Waals surface area contributed by atoms with E-state index in [2.05, 4.69) is 26.4 Å². The van der Waals surface area contributed by atoms with E-state index in [0.29, 0.717) is 54.5 Å². The predicted molar refractivity (Wildman–Crippen MR) is 189 cm³/mol. The number of hydrogen-bond acceptors (Lipinski definition) is 8. The first-order valence-electron chi connectivity index (χ1n) is 16.6. The molecule has 0 fully saturated rings. The molecular formula is C36H44N6O7S. The maximum absolute atomic E-state index is 13.8. The maximum Gasteiger partial charge on any atom is 0.251 e. The molecule has 7 N–H and O–H groups in total. The molecule has 0 radical (unpaired) electrons. The Balaban J connectivity index is 1.51. The summed E-state index contributed by atoms with van der Waals surface area (Å²) in [4.78, 5) is 52.8. The van der Waals surface area contributed by atoms with E-state index in [-0.39, 0.29) is 49.3 Å². The summed E-state index contributed by atoms with van der Waals surface area (Å²) in [7, 11) is -3.71. The number of oxime groups is 1. The molecule has 0 aliphatic carbocycles. The van der Waals surface area contributed by atoms with Crippen molar-refractivity contribution in [2.75, 3.05) is 18.8 Å². The molecule has 50 heavy (non-hydrogen) atoms. The van der Waals surface area contributed by atoms with E-state index in [1.807, 2.05) is 0 Å². The zero-order valence-electron chi connectivity index (χ0n) is 27.8. The van der Waals surface area contributed by atoms with Crippen LogP contribution < -0.4 is 27.0 Å². The summed E-state index contributed by atoms with van der Waals surface area (Å²) in [6.07, 6.45) is 2.35. The van der Waals surface area contributed by atoms with Gasteiger partial charge in [-0.05, 0) is 61.4 Å². The first kappa shape index (κ1) is 37.6. The molecule has 0 aromatic heterocycles. The van der Waals surface area contributed by atoms with Crippen LogP contribution in [-0.4, -0.2) is 68.0 Å². The highest BCUT2D eigenvalue weighted by Gasteiger charge is 2.29. The Morgan fingerprint density at radius 1 is 0.820 bits per heavy atom. The maximum atomic E-state index is 13.8. The van der Waals surface area contributed by atoms with Crippen LogP contribution in [0.3, 0.4) is 0 Å². The molecule has 2 bridgehead atoms. The Morgan fingerprint density at radius 3 is 2.06 bits per heavy atom. The Bertz CT molecular complexity index is 1760. The lowest BCUT2D eigenvalue weighted by molar-refractivity contribution is -0.131. The largest absolute Gasteiger partial charge is 0.409 e. The van der Waals surface area contributed by atoms with Gasteiger partial charge < -0.3 is 32.2 Å². The van der Waals surface area contributed by atoms with Crippen molar-refractivity contribution < 1.29 is 32.8 Å². The SMILES string of the molecule is N/C(=N\O)c1ccc(CNC(=O)[C@@H]2CCCCNC(=O)c3cccc(c3)C(=O)NCCCC[C@@H](CS(=O)(=O)Cc3ccccc3)C(=O)N2)cc1. The van der Waals surface area contributed by atoms with Crippen LogP contribution in [0.25, 0.3) is 0 Å². The molecule has 14 heteroatoms. The van der Waals surface area contributed by atoms with E-state index in [4.69, 9.17) is 10.9 Å². The topological polar surface area (TPSA) is 209 Å². The number of nitrogens with one attached hydrogen (secondary N) is 4. The monoisotopic (exact) mass is 704 g/mol.